The third-order valence-electron chi connectivity index (χ3n) is 4.04. The Balaban J connectivity index is 1.78. The van der Waals surface area contributed by atoms with Crippen molar-refractivity contribution in [2.24, 2.45) is 7.05 Å². The van der Waals surface area contributed by atoms with Crippen molar-refractivity contribution in [2.45, 2.75) is 26.2 Å². The second-order valence-electron chi connectivity index (χ2n) is 7.40. The maximum atomic E-state index is 12.7. The van der Waals surface area contributed by atoms with E-state index in [4.69, 9.17) is 5.73 Å². The molecule has 0 aliphatic rings. The molecule has 1 aromatic carbocycles. The van der Waals surface area contributed by atoms with E-state index in [0.29, 0.717) is 22.5 Å². The lowest BCUT2D eigenvalue weighted by molar-refractivity contribution is 0.102. The van der Waals surface area contributed by atoms with E-state index in [-0.39, 0.29) is 17.3 Å². The molecule has 3 rings (SSSR count). The first kappa shape index (κ1) is 19.1. The number of carbonyl (C=O) groups is 1. The van der Waals surface area contributed by atoms with E-state index in [1.54, 1.807) is 42.3 Å². The summed E-state index contributed by atoms with van der Waals surface area (Å²) in [6.45, 7) is 6.24. The number of aromatic nitrogens is 4. The number of rotatable bonds is 2. The molecule has 3 aromatic rings. The summed E-state index contributed by atoms with van der Waals surface area (Å²) in [7, 11) is 1.81. The highest BCUT2D eigenvalue weighted by Crippen LogP contribution is 2.23. The Morgan fingerprint density at radius 2 is 1.79 bits per heavy atom. The monoisotopic (exact) mass is 374 g/mol. The van der Waals surface area contributed by atoms with Gasteiger partial charge in [-0.15, -0.1) is 0 Å². The Labute approximate surface area is 164 Å². The van der Waals surface area contributed by atoms with Gasteiger partial charge < -0.3 is 11.1 Å². The highest BCUT2D eigenvalue weighted by atomic mass is 16.1. The first-order valence-corrected chi connectivity index (χ1v) is 8.78. The first-order chi connectivity index (χ1) is 13.2. The summed E-state index contributed by atoms with van der Waals surface area (Å²) in [5.41, 5.74) is 8.16. The van der Waals surface area contributed by atoms with Gasteiger partial charge in [0.15, 0.2) is 0 Å². The van der Waals surface area contributed by atoms with Crippen LogP contribution in [0.25, 0.3) is 0 Å². The van der Waals surface area contributed by atoms with Crippen LogP contribution >= 0.6 is 0 Å². The molecule has 0 atom stereocenters. The van der Waals surface area contributed by atoms with Crippen molar-refractivity contribution in [3.63, 3.8) is 0 Å². The van der Waals surface area contributed by atoms with Gasteiger partial charge in [0.05, 0.1) is 11.3 Å². The molecule has 0 fully saturated rings. The molecule has 1 amide bonds. The van der Waals surface area contributed by atoms with Crippen molar-refractivity contribution < 1.29 is 4.79 Å². The minimum Gasteiger partial charge on any atom is -0.368 e. The van der Waals surface area contributed by atoms with Crippen molar-refractivity contribution in [3.05, 3.63) is 65.1 Å². The molecule has 0 bridgehead atoms. The second-order valence-corrected chi connectivity index (χ2v) is 7.40. The third kappa shape index (κ3) is 4.54. The molecule has 0 aliphatic heterocycles. The molecule has 2 aromatic heterocycles. The maximum absolute atomic E-state index is 12.7. The number of nitrogens with zero attached hydrogens (tertiary/aromatic N) is 4. The number of benzene rings is 1. The lowest BCUT2D eigenvalue weighted by Gasteiger charge is -2.13. The van der Waals surface area contributed by atoms with Crippen molar-refractivity contribution in [1.29, 1.82) is 0 Å². The van der Waals surface area contributed by atoms with Crippen LogP contribution in [0.15, 0.2) is 42.7 Å². The van der Waals surface area contributed by atoms with Gasteiger partial charge in [-0.3, -0.25) is 9.48 Å². The highest BCUT2D eigenvalue weighted by molar-refractivity contribution is 6.04. The number of carbonyl (C=O) groups excluding carboxylic acids is 1. The van der Waals surface area contributed by atoms with E-state index in [1.165, 1.54) is 0 Å². The van der Waals surface area contributed by atoms with Gasteiger partial charge in [-0.25, -0.2) is 9.97 Å². The van der Waals surface area contributed by atoms with E-state index in [9.17, 15) is 4.79 Å². The Hall–Kier alpha value is -3.66. The summed E-state index contributed by atoms with van der Waals surface area (Å²) in [4.78, 5) is 20.5. The molecule has 3 N–H and O–H groups in total. The van der Waals surface area contributed by atoms with E-state index in [1.807, 2.05) is 12.1 Å². The quantitative estimate of drug-likeness (QED) is 0.672. The van der Waals surface area contributed by atoms with Crippen molar-refractivity contribution >= 4 is 17.7 Å². The molecule has 7 nitrogen and oxygen atoms in total. The number of hydrogen-bond acceptors (Lipinski definition) is 5. The smallest absolute Gasteiger partial charge is 0.256 e. The Morgan fingerprint density at radius 3 is 2.43 bits per heavy atom. The zero-order valence-electron chi connectivity index (χ0n) is 16.3. The lowest BCUT2D eigenvalue weighted by Crippen LogP contribution is -2.14. The Kier molecular flexibility index (Phi) is 5.14. The summed E-state index contributed by atoms with van der Waals surface area (Å²) in [6, 6.07) is 9.00. The Morgan fingerprint density at radius 1 is 1.11 bits per heavy atom. The van der Waals surface area contributed by atoms with Crippen LogP contribution < -0.4 is 11.1 Å². The van der Waals surface area contributed by atoms with E-state index in [2.05, 4.69) is 53.0 Å². The van der Waals surface area contributed by atoms with Gasteiger partial charge in [0, 0.05) is 42.0 Å². The minimum atomic E-state index is -0.220. The summed E-state index contributed by atoms with van der Waals surface area (Å²) >= 11 is 0. The zero-order valence-corrected chi connectivity index (χ0v) is 16.3. The number of nitrogens with two attached hydrogens (primary N) is 1. The molecular weight excluding hydrogens is 352 g/mol. The molecule has 0 saturated heterocycles. The molecule has 2 heterocycles. The summed E-state index contributed by atoms with van der Waals surface area (Å²) in [6.07, 6.45) is 3.11. The minimum absolute atomic E-state index is 0.0952. The highest BCUT2D eigenvalue weighted by Gasteiger charge is 2.20. The Bertz CT molecular complexity index is 1060. The van der Waals surface area contributed by atoms with Crippen molar-refractivity contribution in [3.8, 4) is 11.8 Å². The van der Waals surface area contributed by atoms with Crippen LogP contribution in [-0.2, 0) is 12.5 Å². The van der Waals surface area contributed by atoms with Gasteiger partial charge >= 0.3 is 0 Å². The fourth-order valence-electron chi connectivity index (χ4n) is 2.42. The molecule has 0 radical (unpaired) electrons. The van der Waals surface area contributed by atoms with Gasteiger partial charge in [0.25, 0.3) is 5.91 Å². The fourth-order valence-corrected chi connectivity index (χ4v) is 2.42. The number of nitrogens with one attached hydrogen (secondary N) is 1. The topological polar surface area (TPSA) is 98.7 Å². The van der Waals surface area contributed by atoms with Crippen LogP contribution in [-0.4, -0.2) is 25.7 Å². The standard InChI is InChI=1S/C21H22N6O/c1-21(2,3)17-11-18(27(4)26-17)25-19(28)16-7-5-6-14(10-16)8-9-15-12-23-20(22)24-13-15/h5-7,10-13H,1-4H3,(H,25,28)(H2,22,23,24). The molecule has 7 heteroatoms. The number of anilines is 2. The number of nitrogen functional groups attached to an aromatic ring is 1. The SMILES string of the molecule is Cn1nc(C(C)(C)C)cc1NC(=O)c1cccc(C#Cc2cnc(N)nc2)c1. The predicted molar refractivity (Wildman–Crippen MR) is 109 cm³/mol. The van der Waals surface area contributed by atoms with Gasteiger partial charge in [-0.05, 0) is 18.2 Å². The van der Waals surface area contributed by atoms with Gasteiger partial charge in [-0.1, -0.05) is 38.7 Å². The number of hydrogen-bond donors (Lipinski definition) is 2. The van der Waals surface area contributed by atoms with Crippen LogP contribution in [0, 0.1) is 11.8 Å². The van der Waals surface area contributed by atoms with E-state index in [0.717, 1.165) is 5.69 Å². The average Bonchev–Trinajstić information content (AvgIpc) is 3.02. The zero-order chi connectivity index (χ0) is 20.3. The molecule has 0 unspecified atom stereocenters. The second kappa shape index (κ2) is 7.53. The van der Waals surface area contributed by atoms with Crippen LogP contribution in [0.5, 0.6) is 0 Å². The predicted octanol–water partition coefficient (Wildman–Crippen LogP) is 2.74. The largest absolute Gasteiger partial charge is 0.368 e. The van der Waals surface area contributed by atoms with Crippen LogP contribution in [0.4, 0.5) is 11.8 Å². The normalized spacial score (nSPS) is 10.9. The molecular formula is C21H22N6O. The summed E-state index contributed by atoms with van der Waals surface area (Å²) in [5, 5.41) is 7.38. The molecule has 142 valence electrons. The number of aryl methyl sites for hydroxylation is 1. The molecule has 28 heavy (non-hydrogen) atoms. The molecule has 0 aliphatic carbocycles. The summed E-state index contributed by atoms with van der Waals surface area (Å²) in [5.74, 6) is 6.59. The summed E-state index contributed by atoms with van der Waals surface area (Å²) < 4.78 is 1.67. The maximum Gasteiger partial charge on any atom is 0.256 e. The number of amides is 1. The van der Waals surface area contributed by atoms with Crippen molar-refractivity contribution in [2.75, 3.05) is 11.1 Å². The average molecular weight is 374 g/mol. The van der Waals surface area contributed by atoms with Crippen LogP contribution in [0.1, 0.15) is 48.0 Å². The fraction of sp³-hybridized carbons (Fsp3) is 0.238. The van der Waals surface area contributed by atoms with Crippen LogP contribution in [0.3, 0.4) is 0 Å². The lowest BCUT2D eigenvalue weighted by atomic mass is 9.92. The molecule has 0 spiro atoms. The third-order valence-corrected chi connectivity index (χ3v) is 4.04. The van der Waals surface area contributed by atoms with Crippen LogP contribution in [0.2, 0.25) is 0 Å². The van der Waals surface area contributed by atoms with E-state index < -0.39 is 0 Å². The van der Waals surface area contributed by atoms with E-state index >= 15 is 0 Å². The molecule has 0 saturated carbocycles. The van der Waals surface area contributed by atoms with Gasteiger partial charge in [0.2, 0.25) is 5.95 Å². The first-order valence-electron chi connectivity index (χ1n) is 8.78. The van der Waals surface area contributed by atoms with Gasteiger partial charge in [-0.2, -0.15) is 5.10 Å². The van der Waals surface area contributed by atoms with Crippen molar-refractivity contribution in [1.82, 2.24) is 19.7 Å². The van der Waals surface area contributed by atoms with Gasteiger partial charge in [0.1, 0.15) is 5.82 Å².